The molecule has 1 aliphatic carbocycles. The van der Waals surface area contributed by atoms with Crippen LogP contribution < -0.4 is 11.1 Å². The van der Waals surface area contributed by atoms with E-state index in [-0.39, 0.29) is 42.0 Å². The average molecular weight is 507 g/mol. The van der Waals surface area contributed by atoms with Crippen LogP contribution in [-0.4, -0.2) is 38.8 Å². The standard InChI is InChI=1S/C27H25F3N6O/c1-15-6-16(8-18(31)7-15)20-4-5-32-12-24(20)34-26-33-11-19-2-3-23(35-36(19)26)25-21(28)9-17(10-22(25)29)27(30)13-37-14-27/h2-5,7,9-12,16,18H,6,8,13-14,31H2,1H3,(H,33,34). The molecule has 1 aliphatic heterocycles. The van der Waals surface area contributed by atoms with Crippen LogP contribution in [0.4, 0.5) is 24.8 Å². The van der Waals surface area contributed by atoms with Gasteiger partial charge in [-0.1, -0.05) is 11.6 Å². The number of pyridine rings is 1. The van der Waals surface area contributed by atoms with Gasteiger partial charge in [0.15, 0.2) is 5.67 Å². The van der Waals surface area contributed by atoms with E-state index in [4.69, 9.17) is 10.5 Å². The Kier molecular flexibility index (Phi) is 5.73. The molecule has 4 aromatic rings. The van der Waals surface area contributed by atoms with Crippen molar-refractivity contribution < 1.29 is 17.9 Å². The molecule has 0 spiro atoms. The van der Waals surface area contributed by atoms with Gasteiger partial charge < -0.3 is 15.8 Å². The van der Waals surface area contributed by atoms with Gasteiger partial charge in [0.2, 0.25) is 5.95 Å². The van der Waals surface area contributed by atoms with Crippen molar-refractivity contribution in [1.82, 2.24) is 19.6 Å². The van der Waals surface area contributed by atoms with E-state index in [1.165, 1.54) is 16.2 Å². The first-order valence-electron chi connectivity index (χ1n) is 12.1. The molecule has 3 N–H and O–H groups in total. The number of benzene rings is 1. The molecule has 10 heteroatoms. The number of fused-ring (bicyclic) bond motifs is 1. The number of nitrogens with one attached hydrogen (secondary N) is 1. The number of hydrogen-bond donors (Lipinski definition) is 2. The van der Waals surface area contributed by atoms with Gasteiger partial charge in [0.1, 0.15) is 11.6 Å². The molecular weight excluding hydrogens is 481 g/mol. The number of ether oxygens (including phenoxy) is 1. The minimum Gasteiger partial charge on any atom is -0.374 e. The second-order valence-corrected chi connectivity index (χ2v) is 9.81. The topological polar surface area (TPSA) is 90.4 Å². The Balaban J connectivity index is 1.35. The highest BCUT2D eigenvalue weighted by molar-refractivity contribution is 5.66. The van der Waals surface area contributed by atoms with Gasteiger partial charge in [0.05, 0.1) is 48.1 Å². The fraction of sp³-hybridized carbons (Fsp3) is 0.296. The number of allylic oxidation sites excluding steroid dienone is 1. The minimum absolute atomic E-state index is 0.0171. The van der Waals surface area contributed by atoms with Crippen LogP contribution in [0.2, 0.25) is 0 Å². The number of halogens is 3. The molecular formula is C27H25F3N6O. The third-order valence-corrected chi connectivity index (χ3v) is 7.03. The lowest BCUT2D eigenvalue weighted by Gasteiger charge is -2.34. The summed E-state index contributed by atoms with van der Waals surface area (Å²) in [5, 5.41) is 7.75. The molecule has 7 nitrogen and oxygen atoms in total. The number of alkyl halides is 1. The molecule has 2 aliphatic rings. The summed E-state index contributed by atoms with van der Waals surface area (Å²) >= 11 is 0. The largest absolute Gasteiger partial charge is 0.374 e. The molecule has 1 saturated heterocycles. The Hall–Kier alpha value is -3.76. The second kappa shape index (κ2) is 8.97. The normalized spacial score (nSPS) is 20.9. The number of rotatable bonds is 5. The first kappa shape index (κ1) is 23.6. The monoisotopic (exact) mass is 506 g/mol. The van der Waals surface area contributed by atoms with E-state index in [9.17, 15) is 4.39 Å². The summed E-state index contributed by atoms with van der Waals surface area (Å²) < 4.78 is 51.1. The predicted molar refractivity (Wildman–Crippen MR) is 133 cm³/mol. The van der Waals surface area contributed by atoms with E-state index in [0.717, 1.165) is 36.2 Å². The smallest absolute Gasteiger partial charge is 0.229 e. The molecule has 1 fully saturated rings. The Bertz CT molecular complexity index is 1510. The number of nitrogens with two attached hydrogens (primary N) is 1. The van der Waals surface area contributed by atoms with E-state index < -0.39 is 17.3 Å². The van der Waals surface area contributed by atoms with Crippen molar-refractivity contribution in [2.45, 2.75) is 37.4 Å². The number of anilines is 2. The van der Waals surface area contributed by atoms with Gasteiger partial charge >= 0.3 is 0 Å². The summed E-state index contributed by atoms with van der Waals surface area (Å²) in [7, 11) is 0. The lowest BCUT2D eigenvalue weighted by atomic mass is 9.82. The summed E-state index contributed by atoms with van der Waals surface area (Å²) in [6, 6.07) is 7.14. The van der Waals surface area contributed by atoms with Crippen LogP contribution in [-0.2, 0) is 10.4 Å². The van der Waals surface area contributed by atoms with Crippen LogP contribution >= 0.6 is 0 Å². The fourth-order valence-electron chi connectivity index (χ4n) is 5.15. The predicted octanol–water partition coefficient (Wildman–Crippen LogP) is 5.16. The quantitative estimate of drug-likeness (QED) is 0.364. The highest BCUT2D eigenvalue weighted by Crippen LogP contribution is 2.38. The molecule has 1 aromatic carbocycles. The molecule has 0 saturated carbocycles. The average Bonchev–Trinajstić information content (AvgIpc) is 3.24. The molecule has 0 bridgehead atoms. The Morgan fingerprint density at radius 2 is 1.92 bits per heavy atom. The van der Waals surface area contributed by atoms with E-state index in [0.29, 0.717) is 11.5 Å². The van der Waals surface area contributed by atoms with E-state index in [1.54, 1.807) is 24.7 Å². The number of aromatic nitrogens is 4. The first-order chi connectivity index (χ1) is 17.8. The zero-order valence-corrected chi connectivity index (χ0v) is 20.1. The van der Waals surface area contributed by atoms with Gasteiger partial charge in [0.25, 0.3) is 0 Å². The van der Waals surface area contributed by atoms with Gasteiger partial charge in [-0.2, -0.15) is 9.61 Å². The number of hydrogen-bond acceptors (Lipinski definition) is 6. The SMILES string of the molecule is CC1=CC(N)CC(c2ccncc2Nc2ncc3ccc(-c4c(F)cc(C5(F)COC5)cc4F)nn23)C1. The summed E-state index contributed by atoms with van der Waals surface area (Å²) in [5.41, 5.74) is 7.66. The van der Waals surface area contributed by atoms with Crippen molar-refractivity contribution in [3.8, 4) is 11.3 Å². The van der Waals surface area contributed by atoms with Crippen molar-refractivity contribution in [3.63, 3.8) is 0 Å². The fourth-order valence-corrected chi connectivity index (χ4v) is 5.15. The van der Waals surface area contributed by atoms with Gasteiger partial charge in [0, 0.05) is 12.2 Å². The zero-order chi connectivity index (χ0) is 25.7. The van der Waals surface area contributed by atoms with E-state index >= 15 is 8.78 Å². The number of imidazole rings is 1. The molecule has 6 rings (SSSR count). The van der Waals surface area contributed by atoms with Gasteiger partial charge in [-0.3, -0.25) is 4.98 Å². The second-order valence-electron chi connectivity index (χ2n) is 9.81. The van der Waals surface area contributed by atoms with E-state index in [1.807, 2.05) is 6.07 Å². The van der Waals surface area contributed by atoms with Crippen molar-refractivity contribution >= 4 is 17.2 Å². The molecule has 2 unspecified atom stereocenters. The number of nitrogens with zero attached hydrogens (tertiary/aromatic N) is 4. The molecule has 190 valence electrons. The Morgan fingerprint density at radius 3 is 2.62 bits per heavy atom. The summed E-state index contributed by atoms with van der Waals surface area (Å²) in [4.78, 5) is 8.69. The van der Waals surface area contributed by atoms with Gasteiger partial charge in [-0.25, -0.2) is 18.2 Å². The molecule has 2 atom stereocenters. The van der Waals surface area contributed by atoms with Crippen molar-refractivity contribution in [2.75, 3.05) is 18.5 Å². The van der Waals surface area contributed by atoms with Crippen LogP contribution in [0.5, 0.6) is 0 Å². The summed E-state index contributed by atoms with van der Waals surface area (Å²) in [5.74, 6) is -1.22. The summed E-state index contributed by atoms with van der Waals surface area (Å²) in [6.45, 7) is 1.63. The lowest BCUT2D eigenvalue weighted by molar-refractivity contribution is -0.135. The van der Waals surface area contributed by atoms with Crippen molar-refractivity contribution in [2.24, 2.45) is 5.73 Å². The Morgan fingerprint density at radius 1 is 1.14 bits per heavy atom. The molecule has 3 aromatic heterocycles. The first-order valence-corrected chi connectivity index (χ1v) is 12.1. The van der Waals surface area contributed by atoms with Crippen molar-refractivity contribution in [3.05, 3.63) is 83.3 Å². The molecule has 0 amide bonds. The van der Waals surface area contributed by atoms with Crippen LogP contribution in [0, 0.1) is 11.6 Å². The third-order valence-electron chi connectivity index (χ3n) is 7.03. The van der Waals surface area contributed by atoms with Crippen molar-refractivity contribution in [1.29, 1.82) is 0 Å². The third kappa shape index (κ3) is 4.25. The van der Waals surface area contributed by atoms with Crippen LogP contribution in [0.15, 0.2) is 60.6 Å². The molecule has 0 radical (unpaired) electrons. The van der Waals surface area contributed by atoms with Crippen LogP contribution in [0.3, 0.4) is 0 Å². The Labute approximate surface area is 211 Å². The van der Waals surface area contributed by atoms with E-state index in [2.05, 4.69) is 33.4 Å². The molecule has 37 heavy (non-hydrogen) atoms. The zero-order valence-electron chi connectivity index (χ0n) is 20.1. The maximum Gasteiger partial charge on any atom is 0.229 e. The minimum atomic E-state index is -1.88. The highest BCUT2D eigenvalue weighted by Gasteiger charge is 2.41. The van der Waals surface area contributed by atoms with Crippen LogP contribution in [0.25, 0.3) is 16.8 Å². The highest BCUT2D eigenvalue weighted by atomic mass is 19.1. The lowest BCUT2D eigenvalue weighted by Crippen LogP contribution is -2.42. The van der Waals surface area contributed by atoms with Gasteiger partial charge in [-0.15, -0.1) is 0 Å². The summed E-state index contributed by atoms with van der Waals surface area (Å²) in [6.07, 6.45) is 8.86. The maximum absolute atomic E-state index is 15.0. The van der Waals surface area contributed by atoms with Crippen LogP contribution in [0.1, 0.15) is 36.8 Å². The molecule has 4 heterocycles. The maximum atomic E-state index is 15.0. The van der Waals surface area contributed by atoms with Gasteiger partial charge in [-0.05, 0) is 67.1 Å².